The number of esters is 1. The van der Waals surface area contributed by atoms with Gasteiger partial charge in [-0.15, -0.1) is 0 Å². The lowest BCUT2D eigenvalue weighted by atomic mass is 9.94. The Labute approximate surface area is 137 Å². The molecule has 0 aromatic heterocycles. The minimum atomic E-state index is -0.643. The Morgan fingerprint density at radius 1 is 1.12 bits per heavy atom. The average Bonchev–Trinajstić information content (AvgIpc) is 2.98. The van der Waals surface area contributed by atoms with E-state index >= 15 is 0 Å². The fourth-order valence-electron chi connectivity index (χ4n) is 2.63. The Morgan fingerprint density at radius 2 is 1.79 bits per heavy atom. The topological polar surface area (TPSA) is 98.5 Å². The molecule has 0 spiro atoms. The number of hydrogen-bond donors (Lipinski definition) is 1. The number of hydrogen-bond acceptors (Lipinski definition) is 5. The van der Waals surface area contributed by atoms with Crippen molar-refractivity contribution >= 4 is 23.3 Å². The number of non-ortho nitro benzene ring substituents is 1. The summed E-state index contributed by atoms with van der Waals surface area (Å²) in [6, 6.07) is 14.6. The molecular formula is C17H14N2O5. The molecule has 0 aliphatic carbocycles. The van der Waals surface area contributed by atoms with Gasteiger partial charge in [0.2, 0.25) is 5.91 Å². The maximum Gasteiger partial charge on any atom is 0.307 e. The van der Waals surface area contributed by atoms with E-state index in [0.717, 1.165) is 5.56 Å². The molecule has 2 aromatic carbocycles. The molecule has 2 aromatic rings. The van der Waals surface area contributed by atoms with Gasteiger partial charge in [0.25, 0.3) is 5.69 Å². The van der Waals surface area contributed by atoms with Crippen molar-refractivity contribution in [2.24, 2.45) is 5.92 Å². The van der Waals surface area contributed by atoms with Crippen LogP contribution >= 0.6 is 0 Å². The highest BCUT2D eigenvalue weighted by Crippen LogP contribution is 2.36. The largest absolute Gasteiger partial charge is 0.457 e. The van der Waals surface area contributed by atoms with Crippen molar-refractivity contribution in [1.29, 1.82) is 0 Å². The van der Waals surface area contributed by atoms with Crippen LogP contribution in [-0.4, -0.2) is 16.8 Å². The van der Waals surface area contributed by atoms with Gasteiger partial charge in [-0.25, -0.2) is 0 Å². The Kier molecular flexibility index (Phi) is 4.24. The van der Waals surface area contributed by atoms with Gasteiger partial charge in [-0.1, -0.05) is 30.3 Å². The predicted octanol–water partition coefficient (Wildman–Crippen LogP) is 2.84. The first kappa shape index (κ1) is 15.7. The quantitative estimate of drug-likeness (QED) is 0.529. The number of amides is 1. The third kappa shape index (κ3) is 3.24. The molecule has 0 saturated carbocycles. The first-order valence-electron chi connectivity index (χ1n) is 7.34. The van der Waals surface area contributed by atoms with Gasteiger partial charge in [0.05, 0.1) is 17.3 Å². The van der Waals surface area contributed by atoms with Crippen molar-refractivity contribution in [2.75, 3.05) is 5.32 Å². The second-order valence-corrected chi connectivity index (χ2v) is 5.42. The predicted molar refractivity (Wildman–Crippen MR) is 85.1 cm³/mol. The number of nitro benzene ring substituents is 1. The number of ether oxygens (including phenoxy) is 1. The second kappa shape index (κ2) is 6.49. The molecule has 7 nitrogen and oxygen atoms in total. The zero-order valence-electron chi connectivity index (χ0n) is 12.5. The van der Waals surface area contributed by atoms with Gasteiger partial charge >= 0.3 is 5.97 Å². The summed E-state index contributed by atoms with van der Waals surface area (Å²) in [5.74, 6) is -1.42. The lowest BCUT2D eigenvalue weighted by molar-refractivity contribution is -0.384. The molecule has 1 saturated heterocycles. The molecule has 2 unspecified atom stereocenters. The van der Waals surface area contributed by atoms with E-state index in [1.165, 1.54) is 24.3 Å². The summed E-state index contributed by atoms with van der Waals surface area (Å²) in [6.45, 7) is 0. The number of nitrogens with one attached hydrogen (secondary N) is 1. The van der Waals surface area contributed by atoms with E-state index in [4.69, 9.17) is 4.74 Å². The van der Waals surface area contributed by atoms with Crippen LogP contribution in [0.25, 0.3) is 0 Å². The highest BCUT2D eigenvalue weighted by molar-refractivity contribution is 5.96. The first-order valence-corrected chi connectivity index (χ1v) is 7.34. The number of nitrogens with zero attached hydrogens (tertiary/aromatic N) is 1. The maximum absolute atomic E-state index is 12.5. The van der Waals surface area contributed by atoms with Crippen LogP contribution < -0.4 is 5.32 Å². The van der Waals surface area contributed by atoms with E-state index in [0.29, 0.717) is 5.69 Å². The number of carbonyl (C=O) groups is 2. The Balaban J connectivity index is 1.75. The van der Waals surface area contributed by atoms with E-state index in [2.05, 4.69) is 5.32 Å². The summed E-state index contributed by atoms with van der Waals surface area (Å²) in [5.41, 5.74) is 1.12. The van der Waals surface area contributed by atoms with Gasteiger partial charge < -0.3 is 10.1 Å². The summed E-state index contributed by atoms with van der Waals surface area (Å²) in [4.78, 5) is 34.3. The molecule has 1 heterocycles. The maximum atomic E-state index is 12.5. The summed E-state index contributed by atoms with van der Waals surface area (Å²) in [6.07, 6.45) is -0.630. The number of cyclic esters (lactones) is 1. The van der Waals surface area contributed by atoms with Crippen LogP contribution in [-0.2, 0) is 14.3 Å². The van der Waals surface area contributed by atoms with Gasteiger partial charge in [-0.2, -0.15) is 0 Å². The van der Waals surface area contributed by atoms with E-state index in [1.54, 1.807) is 12.1 Å². The van der Waals surface area contributed by atoms with E-state index in [-0.39, 0.29) is 18.0 Å². The van der Waals surface area contributed by atoms with Crippen molar-refractivity contribution < 1.29 is 19.2 Å². The number of carbonyl (C=O) groups excluding carboxylic acids is 2. The third-order valence-corrected chi connectivity index (χ3v) is 3.82. The molecule has 1 fully saturated rings. The minimum Gasteiger partial charge on any atom is -0.457 e. The van der Waals surface area contributed by atoms with Crippen LogP contribution in [0.4, 0.5) is 11.4 Å². The molecular weight excluding hydrogens is 312 g/mol. The Morgan fingerprint density at radius 3 is 2.42 bits per heavy atom. The Hall–Kier alpha value is -3.22. The van der Waals surface area contributed by atoms with Crippen LogP contribution in [0.5, 0.6) is 0 Å². The smallest absolute Gasteiger partial charge is 0.307 e. The van der Waals surface area contributed by atoms with Gasteiger partial charge in [-0.05, 0) is 17.7 Å². The van der Waals surface area contributed by atoms with Crippen molar-refractivity contribution in [3.05, 3.63) is 70.3 Å². The molecule has 122 valence electrons. The van der Waals surface area contributed by atoms with Crippen molar-refractivity contribution in [3.8, 4) is 0 Å². The molecule has 0 radical (unpaired) electrons. The molecule has 1 aliphatic rings. The highest BCUT2D eigenvalue weighted by Gasteiger charge is 2.40. The van der Waals surface area contributed by atoms with Crippen molar-refractivity contribution in [2.45, 2.75) is 12.5 Å². The van der Waals surface area contributed by atoms with Crippen LogP contribution in [0, 0.1) is 16.0 Å². The summed E-state index contributed by atoms with van der Waals surface area (Å²) >= 11 is 0. The summed E-state index contributed by atoms with van der Waals surface area (Å²) in [5, 5.41) is 13.3. The van der Waals surface area contributed by atoms with Crippen LogP contribution in [0.15, 0.2) is 54.6 Å². The van der Waals surface area contributed by atoms with E-state index in [1.807, 2.05) is 18.2 Å². The number of anilines is 1. The lowest BCUT2D eigenvalue weighted by Crippen LogP contribution is -2.25. The molecule has 1 N–H and O–H groups in total. The van der Waals surface area contributed by atoms with Gasteiger partial charge in [-0.3, -0.25) is 19.7 Å². The van der Waals surface area contributed by atoms with Crippen LogP contribution in [0.1, 0.15) is 18.1 Å². The van der Waals surface area contributed by atoms with Crippen LogP contribution in [0.2, 0.25) is 0 Å². The lowest BCUT2D eigenvalue weighted by Gasteiger charge is -2.17. The summed E-state index contributed by atoms with van der Waals surface area (Å²) in [7, 11) is 0. The third-order valence-electron chi connectivity index (χ3n) is 3.82. The fourth-order valence-corrected chi connectivity index (χ4v) is 2.63. The normalized spacial score (nSPS) is 19.6. The number of benzene rings is 2. The van der Waals surface area contributed by atoms with Crippen molar-refractivity contribution in [1.82, 2.24) is 0 Å². The average molecular weight is 326 g/mol. The minimum absolute atomic E-state index is 0.00161. The standard InChI is InChI=1S/C17H14N2O5/c20-15-10-14(16(24-15)11-4-2-1-3-5-11)17(21)18-12-6-8-13(9-7-12)19(22)23/h1-9,14,16H,10H2,(H,18,21). The van der Waals surface area contributed by atoms with Gasteiger partial charge in [0.1, 0.15) is 6.10 Å². The Bertz CT molecular complexity index is 773. The fraction of sp³-hybridized carbons (Fsp3) is 0.176. The SMILES string of the molecule is O=C1CC(C(=O)Nc2ccc([N+](=O)[O-])cc2)C(c2ccccc2)O1. The number of nitro groups is 1. The van der Waals surface area contributed by atoms with Crippen LogP contribution in [0.3, 0.4) is 0 Å². The zero-order chi connectivity index (χ0) is 17.1. The van der Waals surface area contributed by atoms with Gasteiger partial charge in [0, 0.05) is 17.8 Å². The molecule has 3 rings (SSSR count). The second-order valence-electron chi connectivity index (χ2n) is 5.42. The number of rotatable bonds is 4. The molecule has 24 heavy (non-hydrogen) atoms. The highest BCUT2D eigenvalue weighted by atomic mass is 16.6. The molecule has 1 amide bonds. The van der Waals surface area contributed by atoms with Gasteiger partial charge in [0.15, 0.2) is 0 Å². The van der Waals surface area contributed by atoms with Crippen molar-refractivity contribution in [3.63, 3.8) is 0 Å². The monoisotopic (exact) mass is 326 g/mol. The van der Waals surface area contributed by atoms with E-state index in [9.17, 15) is 19.7 Å². The molecule has 1 aliphatic heterocycles. The molecule has 0 bridgehead atoms. The van der Waals surface area contributed by atoms with E-state index < -0.39 is 22.9 Å². The zero-order valence-corrected chi connectivity index (χ0v) is 12.5. The summed E-state index contributed by atoms with van der Waals surface area (Å²) < 4.78 is 5.28. The first-order chi connectivity index (χ1) is 11.5. The molecule has 2 atom stereocenters. The molecule has 7 heteroatoms.